The number of pyridine rings is 1. The van der Waals surface area contributed by atoms with E-state index in [-0.39, 0.29) is 23.8 Å². The van der Waals surface area contributed by atoms with Gasteiger partial charge in [0.1, 0.15) is 6.61 Å². The van der Waals surface area contributed by atoms with Crippen LogP contribution in [0.15, 0.2) is 67.0 Å². The van der Waals surface area contributed by atoms with Gasteiger partial charge >= 0.3 is 12.1 Å². The fraction of sp³-hybridized carbons (Fsp3) is 0.231. The first-order valence-corrected chi connectivity index (χ1v) is 11.2. The number of nitrogens with one attached hydrogen (secondary N) is 2. The molecule has 0 radical (unpaired) electrons. The normalized spacial score (nSPS) is 18.4. The van der Waals surface area contributed by atoms with Crippen LogP contribution in [-0.2, 0) is 14.3 Å². The van der Waals surface area contributed by atoms with E-state index in [1.54, 1.807) is 0 Å². The molecule has 1 aliphatic carbocycles. The molecule has 2 amide bonds. The van der Waals surface area contributed by atoms with Crippen molar-refractivity contribution in [3.63, 3.8) is 0 Å². The number of carboxylic acid groups (broad SMARTS) is 1. The summed E-state index contributed by atoms with van der Waals surface area (Å²) in [5.41, 5.74) is 4.67. The molecule has 0 unspecified atom stereocenters. The number of rotatable bonds is 6. The number of fused-ring (bicyclic) bond motifs is 3. The number of benzene rings is 2. The number of aromatic carboxylic acids is 1. The molecule has 9 nitrogen and oxygen atoms in total. The molecule has 178 valence electrons. The third-order valence-corrected chi connectivity index (χ3v) is 6.25. The lowest BCUT2D eigenvalue weighted by molar-refractivity contribution is -0.125. The van der Waals surface area contributed by atoms with Crippen LogP contribution < -0.4 is 10.6 Å². The number of ether oxygens (including phenoxy) is 2. The molecule has 3 aromatic rings. The average Bonchev–Trinajstić information content (AvgIpc) is 3.45. The Hall–Kier alpha value is -4.24. The number of carbonyl (C=O) groups excluding carboxylic acids is 2. The summed E-state index contributed by atoms with van der Waals surface area (Å²) in [5, 5.41) is 14.4. The fourth-order valence-electron chi connectivity index (χ4n) is 4.63. The fourth-order valence-corrected chi connectivity index (χ4v) is 4.63. The molecule has 0 spiro atoms. The zero-order valence-electron chi connectivity index (χ0n) is 18.6. The highest BCUT2D eigenvalue weighted by atomic mass is 16.6. The van der Waals surface area contributed by atoms with E-state index in [2.05, 4.69) is 27.8 Å². The Kier molecular flexibility index (Phi) is 6.15. The van der Waals surface area contributed by atoms with Crippen LogP contribution in [0, 0.1) is 0 Å². The van der Waals surface area contributed by atoms with E-state index in [9.17, 15) is 14.4 Å². The minimum Gasteiger partial charge on any atom is -0.478 e. The second-order valence-electron chi connectivity index (χ2n) is 8.41. The van der Waals surface area contributed by atoms with Gasteiger partial charge in [0.15, 0.2) is 6.10 Å². The second-order valence-corrected chi connectivity index (χ2v) is 8.41. The zero-order valence-corrected chi connectivity index (χ0v) is 18.6. The summed E-state index contributed by atoms with van der Waals surface area (Å²) in [5.74, 6) is -1.72. The van der Waals surface area contributed by atoms with Crippen molar-refractivity contribution in [1.29, 1.82) is 0 Å². The first-order chi connectivity index (χ1) is 17.0. The summed E-state index contributed by atoms with van der Waals surface area (Å²) in [4.78, 5) is 40.3. The highest BCUT2D eigenvalue weighted by Gasteiger charge is 2.36. The number of anilines is 1. The van der Waals surface area contributed by atoms with Crippen molar-refractivity contribution in [2.45, 2.75) is 24.5 Å². The maximum absolute atomic E-state index is 12.7. The van der Waals surface area contributed by atoms with Gasteiger partial charge in [-0.1, -0.05) is 48.5 Å². The Morgan fingerprint density at radius 1 is 1.03 bits per heavy atom. The molecule has 9 heteroatoms. The maximum Gasteiger partial charge on any atom is 0.407 e. The van der Waals surface area contributed by atoms with E-state index in [4.69, 9.17) is 14.6 Å². The lowest BCUT2D eigenvalue weighted by Crippen LogP contribution is -2.46. The molecule has 5 rings (SSSR count). The number of aromatic nitrogens is 1. The number of hydrogen-bond donors (Lipinski definition) is 3. The zero-order chi connectivity index (χ0) is 24.4. The van der Waals surface area contributed by atoms with Gasteiger partial charge in [0, 0.05) is 18.7 Å². The van der Waals surface area contributed by atoms with Crippen molar-refractivity contribution in [2.24, 2.45) is 0 Å². The molecule has 2 aromatic carbocycles. The molecular formula is C26H23N3O6. The van der Waals surface area contributed by atoms with E-state index < -0.39 is 30.1 Å². The topological polar surface area (TPSA) is 127 Å². The molecule has 2 atom stereocenters. The SMILES string of the molecule is O=C(N[C@H]1CCO[C@H]1C(=O)Nc1cncc(C(=O)O)c1)OCC1c2ccccc2-c2ccccc21. The molecular weight excluding hydrogens is 450 g/mol. The maximum atomic E-state index is 12.7. The van der Waals surface area contributed by atoms with E-state index in [1.807, 2.05) is 36.4 Å². The summed E-state index contributed by atoms with van der Waals surface area (Å²) in [6, 6.07) is 16.9. The van der Waals surface area contributed by atoms with Crippen molar-refractivity contribution >= 4 is 23.7 Å². The van der Waals surface area contributed by atoms with Crippen LogP contribution in [0.2, 0.25) is 0 Å². The first-order valence-electron chi connectivity index (χ1n) is 11.2. The highest BCUT2D eigenvalue weighted by Crippen LogP contribution is 2.44. The number of amides is 2. The molecule has 1 saturated heterocycles. The number of carbonyl (C=O) groups is 3. The van der Waals surface area contributed by atoms with Gasteiger partial charge in [-0.25, -0.2) is 9.59 Å². The second kappa shape index (κ2) is 9.55. The van der Waals surface area contributed by atoms with Crippen LogP contribution in [0.5, 0.6) is 0 Å². The highest BCUT2D eigenvalue weighted by molar-refractivity contribution is 5.96. The standard InChI is InChI=1S/C26H23N3O6/c30-24(28-16-11-15(25(31)32)12-27-13-16)23-22(9-10-34-23)29-26(33)35-14-21-19-7-3-1-5-17(19)18-6-2-4-8-20(18)21/h1-8,11-13,21-23H,9-10,14H2,(H,28,30)(H,29,33)(H,31,32)/t22-,23+/m0/s1. The van der Waals surface area contributed by atoms with Crippen molar-refractivity contribution < 1.29 is 29.0 Å². The van der Waals surface area contributed by atoms with Gasteiger partial charge < -0.3 is 25.2 Å². The minimum atomic E-state index is -1.15. The number of hydrogen-bond acceptors (Lipinski definition) is 6. The Balaban J connectivity index is 1.21. The first kappa shape index (κ1) is 22.5. The van der Waals surface area contributed by atoms with Gasteiger partial charge in [0.25, 0.3) is 5.91 Å². The van der Waals surface area contributed by atoms with Crippen LogP contribution in [-0.4, -0.2) is 53.4 Å². The van der Waals surface area contributed by atoms with E-state index in [0.29, 0.717) is 13.0 Å². The van der Waals surface area contributed by atoms with Gasteiger partial charge in [0.05, 0.1) is 23.5 Å². The average molecular weight is 473 g/mol. The van der Waals surface area contributed by atoms with Crippen molar-refractivity contribution in [2.75, 3.05) is 18.5 Å². The van der Waals surface area contributed by atoms with E-state index in [1.165, 1.54) is 18.5 Å². The quantitative estimate of drug-likeness (QED) is 0.501. The number of alkyl carbamates (subject to hydrolysis) is 1. The third kappa shape index (κ3) is 4.58. The van der Waals surface area contributed by atoms with E-state index in [0.717, 1.165) is 22.3 Å². The van der Waals surface area contributed by atoms with Gasteiger partial charge in [-0.05, 0) is 34.7 Å². The predicted molar refractivity (Wildman–Crippen MR) is 126 cm³/mol. The number of carboxylic acids is 1. The van der Waals surface area contributed by atoms with Crippen LogP contribution in [0.25, 0.3) is 11.1 Å². The van der Waals surface area contributed by atoms with Gasteiger partial charge in [-0.3, -0.25) is 9.78 Å². The van der Waals surface area contributed by atoms with Crippen molar-refractivity contribution in [3.05, 3.63) is 83.7 Å². The van der Waals surface area contributed by atoms with Crippen LogP contribution in [0.3, 0.4) is 0 Å². The third-order valence-electron chi connectivity index (χ3n) is 6.25. The lowest BCUT2D eigenvalue weighted by Gasteiger charge is -2.20. The molecule has 2 heterocycles. The summed E-state index contributed by atoms with van der Waals surface area (Å²) >= 11 is 0. The minimum absolute atomic E-state index is 0.0524. The lowest BCUT2D eigenvalue weighted by atomic mass is 9.98. The smallest absolute Gasteiger partial charge is 0.407 e. The van der Waals surface area contributed by atoms with E-state index >= 15 is 0 Å². The molecule has 2 aliphatic rings. The summed E-state index contributed by atoms with van der Waals surface area (Å²) < 4.78 is 11.1. The molecule has 0 bridgehead atoms. The Bertz CT molecular complexity index is 1250. The molecule has 1 fully saturated rings. The van der Waals surface area contributed by atoms with Crippen LogP contribution in [0.4, 0.5) is 10.5 Å². The van der Waals surface area contributed by atoms with Crippen LogP contribution >= 0.6 is 0 Å². The largest absolute Gasteiger partial charge is 0.478 e. The Morgan fingerprint density at radius 3 is 2.40 bits per heavy atom. The van der Waals surface area contributed by atoms with Gasteiger partial charge in [-0.2, -0.15) is 0 Å². The van der Waals surface area contributed by atoms with Gasteiger partial charge in [0.2, 0.25) is 0 Å². The number of nitrogens with zero attached hydrogens (tertiary/aromatic N) is 1. The Labute approximate surface area is 201 Å². The molecule has 1 aliphatic heterocycles. The molecule has 3 N–H and O–H groups in total. The van der Waals surface area contributed by atoms with Crippen molar-refractivity contribution in [1.82, 2.24) is 10.3 Å². The van der Waals surface area contributed by atoms with Gasteiger partial charge in [-0.15, -0.1) is 0 Å². The van der Waals surface area contributed by atoms with Crippen molar-refractivity contribution in [3.8, 4) is 11.1 Å². The molecule has 35 heavy (non-hydrogen) atoms. The monoisotopic (exact) mass is 473 g/mol. The molecule has 1 aromatic heterocycles. The van der Waals surface area contributed by atoms with Crippen LogP contribution in [0.1, 0.15) is 33.8 Å². The summed E-state index contributed by atoms with van der Waals surface area (Å²) in [6.07, 6.45) is 1.40. The summed E-state index contributed by atoms with van der Waals surface area (Å²) in [7, 11) is 0. The summed E-state index contributed by atoms with van der Waals surface area (Å²) in [6.45, 7) is 0.456. The molecule has 0 saturated carbocycles. The predicted octanol–water partition coefficient (Wildman–Crippen LogP) is 3.41. The Morgan fingerprint density at radius 2 is 1.71 bits per heavy atom.